The Kier molecular flexibility index (Phi) is 6.29. The molecule has 0 aliphatic carbocycles. The predicted octanol–water partition coefficient (Wildman–Crippen LogP) is 3.34. The Morgan fingerprint density at radius 3 is 2.67 bits per heavy atom. The van der Waals surface area contributed by atoms with Gasteiger partial charge in [-0.1, -0.05) is 33.3 Å². The SMILES string of the molecule is CCCCN(Cc1cccnc1)C(=O)c1ccc(C(C)C)[nH]c1=O. The molecule has 0 aliphatic heterocycles. The zero-order chi connectivity index (χ0) is 17.5. The van der Waals surface area contributed by atoms with Crippen LogP contribution in [0.1, 0.15) is 61.1 Å². The zero-order valence-corrected chi connectivity index (χ0v) is 14.6. The average molecular weight is 327 g/mol. The molecule has 5 heteroatoms. The molecule has 128 valence electrons. The van der Waals surface area contributed by atoms with Crippen LogP contribution in [-0.4, -0.2) is 27.3 Å². The van der Waals surface area contributed by atoms with Gasteiger partial charge < -0.3 is 9.88 Å². The Morgan fingerprint density at radius 2 is 2.08 bits per heavy atom. The monoisotopic (exact) mass is 327 g/mol. The molecule has 0 spiro atoms. The second-order valence-corrected chi connectivity index (χ2v) is 6.25. The Labute approximate surface area is 142 Å². The minimum atomic E-state index is -0.320. The van der Waals surface area contributed by atoms with Crippen LogP contribution in [0.15, 0.2) is 41.5 Å². The summed E-state index contributed by atoms with van der Waals surface area (Å²) >= 11 is 0. The van der Waals surface area contributed by atoms with E-state index in [2.05, 4.69) is 16.9 Å². The molecule has 1 N–H and O–H groups in total. The van der Waals surface area contributed by atoms with Crippen LogP contribution in [0.2, 0.25) is 0 Å². The molecule has 2 aromatic rings. The summed E-state index contributed by atoms with van der Waals surface area (Å²) in [6.45, 7) is 7.16. The third kappa shape index (κ3) is 4.54. The highest BCUT2D eigenvalue weighted by atomic mass is 16.2. The molecule has 0 atom stereocenters. The fourth-order valence-corrected chi connectivity index (χ4v) is 2.48. The second-order valence-electron chi connectivity index (χ2n) is 6.25. The van der Waals surface area contributed by atoms with Crippen molar-refractivity contribution in [3.63, 3.8) is 0 Å². The number of rotatable bonds is 7. The van der Waals surface area contributed by atoms with E-state index in [1.807, 2.05) is 32.0 Å². The summed E-state index contributed by atoms with van der Waals surface area (Å²) in [5.74, 6) is -0.0164. The van der Waals surface area contributed by atoms with Gasteiger partial charge in [0.25, 0.3) is 11.5 Å². The molecule has 2 rings (SSSR count). The van der Waals surface area contributed by atoms with E-state index in [9.17, 15) is 9.59 Å². The number of hydrogen-bond acceptors (Lipinski definition) is 3. The van der Waals surface area contributed by atoms with Crippen molar-refractivity contribution in [2.75, 3.05) is 6.54 Å². The van der Waals surface area contributed by atoms with Gasteiger partial charge in [-0.05, 0) is 36.1 Å². The molecule has 0 aliphatic rings. The van der Waals surface area contributed by atoms with Crippen LogP contribution in [0, 0.1) is 0 Å². The fourth-order valence-electron chi connectivity index (χ4n) is 2.48. The lowest BCUT2D eigenvalue weighted by Crippen LogP contribution is -2.35. The van der Waals surface area contributed by atoms with Crippen LogP contribution in [0.5, 0.6) is 0 Å². The molecule has 5 nitrogen and oxygen atoms in total. The highest BCUT2D eigenvalue weighted by Gasteiger charge is 2.19. The van der Waals surface area contributed by atoms with Crippen molar-refractivity contribution >= 4 is 5.91 Å². The van der Waals surface area contributed by atoms with Gasteiger partial charge in [0.05, 0.1) is 0 Å². The van der Waals surface area contributed by atoms with Gasteiger partial charge in [-0.25, -0.2) is 0 Å². The second kappa shape index (κ2) is 8.43. The number of unbranched alkanes of at least 4 members (excludes halogenated alkanes) is 1. The van der Waals surface area contributed by atoms with Gasteiger partial charge >= 0.3 is 0 Å². The molecular weight excluding hydrogens is 302 g/mol. The normalized spacial score (nSPS) is 10.8. The Bertz CT molecular complexity index is 723. The Balaban J connectivity index is 2.25. The minimum Gasteiger partial charge on any atom is -0.334 e. The lowest BCUT2D eigenvalue weighted by Gasteiger charge is -2.22. The lowest BCUT2D eigenvalue weighted by atomic mass is 10.1. The van der Waals surface area contributed by atoms with Crippen molar-refractivity contribution in [2.45, 2.75) is 46.1 Å². The maximum absolute atomic E-state index is 12.8. The number of H-pyrrole nitrogens is 1. The molecule has 0 saturated carbocycles. The molecule has 0 radical (unpaired) electrons. The van der Waals surface area contributed by atoms with Crippen molar-refractivity contribution in [3.05, 3.63) is 63.8 Å². The van der Waals surface area contributed by atoms with E-state index in [4.69, 9.17) is 0 Å². The number of carbonyl (C=O) groups is 1. The molecule has 0 bridgehead atoms. The molecule has 0 aromatic carbocycles. The van der Waals surface area contributed by atoms with Crippen molar-refractivity contribution in [1.82, 2.24) is 14.9 Å². The van der Waals surface area contributed by atoms with Gasteiger partial charge in [-0.2, -0.15) is 0 Å². The van der Waals surface area contributed by atoms with Gasteiger partial charge in [-0.15, -0.1) is 0 Å². The van der Waals surface area contributed by atoms with E-state index in [1.165, 1.54) is 0 Å². The molecular formula is C19H25N3O2. The average Bonchev–Trinajstić information content (AvgIpc) is 2.58. The van der Waals surface area contributed by atoms with Gasteiger partial charge in [-0.3, -0.25) is 14.6 Å². The van der Waals surface area contributed by atoms with E-state index < -0.39 is 0 Å². The first-order valence-electron chi connectivity index (χ1n) is 8.44. The molecule has 24 heavy (non-hydrogen) atoms. The van der Waals surface area contributed by atoms with Gasteiger partial charge in [0.15, 0.2) is 0 Å². The van der Waals surface area contributed by atoms with Crippen molar-refractivity contribution < 1.29 is 4.79 Å². The predicted molar refractivity (Wildman–Crippen MR) is 95.0 cm³/mol. The van der Waals surface area contributed by atoms with Crippen molar-refractivity contribution in [3.8, 4) is 0 Å². The standard InChI is InChI=1S/C19H25N3O2/c1-4-5-11-22(13-15-7-6-10-20-12-15)19(24)16-8-9-17(14(2)3)21-18(16)23/h6-10,12,14H,4-5,11,13H2,1-3H3,(H,21,23). The fraction of sp³-hybridized carbons (Fsp3) is 0.421. The molecule has 2 heterocycles. The van der Waals surface area contributed by atoms with E-state index in [0.29, 0.717) is 13.1 Å². The summed E-state index contributed by atoms with van der Waals surface area (Å²) in [6.07, 6.45) is 5.34. The Morgan fingerprint density at radius 1 is 1.29 bits per heavy atom. The summed E-state index contributed by atoms with van der Waals surface area (Å²) < 4.78 is 0. The molecule has 2 aromatic heterocycles. The van der Waals surface area contributed by atoms with E-state index in [0.717, 1.165) is 24.1 Å². The first-order chi connectivity index (χ1) is 11.5. The van der Waals surface area contributed by atoms with Crippen molar-refractivity contribution in [2.24, 2.45) is 0 Å². The molecule has 0 saturated heterocycles. The minimum absolute atomic E-state index is 0.194. The number of pyridine rings is 2. The number of nitrogens with one attached hydrogen (secondary N) is 1. The first-order valence-corrected chi connectivity index (χ1v) is 8.44. The number of hydrogen-bond donors (Lipinski definition) is 1. The van der Waals surface area contributed by atoms with Gasteiger partial charge in [0.1, 0.15) is 5.56 Å². The van der Waals surface area contributed by atoms with Crippen LogP contribution in [0.4, 0.5) is 0 Å². The number of nitrogens with zero attached hydrogens (tertiary/aromatic N) is 2. The highest BCUT2D eigenvalue weighted by molar-refractivity contribution is 5.93. The quantitative estimate of drug-likeness (QED) is 0.848. The first kappa shape index (κ1) is 17.9. The maximum Gasteiger partial charge on any atom is 0.261 e. The summed E-state index contributed by atoms with van der Waals surface area (Å²) in [7, 11) is 0. The van der Waals surface area contributed by atoms with Crippen LogP contribution in [0.25, 0.3) is 0 Å². The number of aromatic amines is 1. The van der Waals surface area contributed by atoms with Crippen LogP contribution >= 0.6 is 0 Å². The Hall–Kier alpha value is -2.43. The molecule has 1 amide bonds. The number of carbonyl (C=O) groups excluding carboxylic acids is 1. The molecule has 0 unspecified atom stereocenters. The zero-order valence-electron chi connectivity index (χ0n) is 14.6. The van der Waals surface area contributed by atoms with E-state index >= 15 is 0 Å². The highest BCUT2D eigenvalue weighted by Crippen LogP contribution is 2.12. The van der Waals surface area contributed by atoms with Crippen LogP contribution < -0.4 is 5.56 Å². The lowest BCUT2D eigenvalue weighted by molar-refractivity contribution is 0.0738. The van der Waals surface area contributed by atoms with Gasteiger partial charge in [0.2, 0.25) is 0 Å². The summed E-state index contributed by atoms with van der Waals surface area (Å²) in [5.41, 5.74) is 1.67. The largest absolute Gasteiger partial charge is 0.334 e. The summed E-state index contributed by atoms with van der Waals surface area (Å²) in [6, 6.07) is 7.24. The van der Waals surface area contributed by atoms with E-state index in [-0.39, 0.29) is 22.9 Å². The third-order valence-electron chi connectivity index (χ3n) is 3.95. The number of amides is 1. The maximum atomic E-state index is 12.8. The third-order valence-corrected chi connectivity index (χ3v) is 3.95. The summed E-state index contributed by atoms with van der Waals surface area (Å²) in [5, 5.41) is 0. The topological polar surface area (TPSA) is 66.1 Å². The smallest absolute Gasteiger partial charge is 0.261 e. The molecule has 0 fully saturated rings. The van der Waals surface area contributed by atoms with Gasteiger partial charge in [0, 0.05) is 31.2 Å². The van der Waals surface area contributed by atoms with Crippen LogP contribution in [0.3, 0.4) is 0 Å². The van der Waals surface area contributed by atoms with E-state index in [1.54, 1.807) is 23.4 Å². The summed E-state index contributed by atoms with van der Waals surface area (Å²) in [4.78, 5) is 33.8. The number of aromatic nitrogens is 2. The van der Waals surface area contributed by atoms with Crippen molar-refractivity contribution in [1.29, 1.82) is 0 Å². The van der Waals surface area contributed by atoms with Crippen LogP contribution in [-0.2, 0) is 6.54 Å².